The molecule has 6 nitrogen and oxygen atoms in total. The van der Waals surface area contributed by atoms with E-state index in [4.69, 9.17) is 5.73 Å². The van der Waals surface area contributed by atoms with Crippen LogP contribution in [0.2, 0.25) is 0 Å². The predicted octanol–water partition coefficient (Wildman–Crippen LogP) is 3.99. The Bertz CT molecular complexity index is 1170. The molecular weight excluding hydrogens is 412 g/mol. The first-order chi connectivity index (χ1) is 16.1. The van der Waals surface area contributed by atoms with Gasteiger partial charge in [-0.2, -0.15) is 5.10 Å². The standard InChI is InChI=1S/C27H26N4O2/c28-27(33)24-18-31(30-26(24)22-14-8-3-9-15-22)19-25(32)29-17-16-23(20-10-4-1-5-11-20)21-12-6-2-7-13-21/h1-15,18,23H,16-17,19H2,(H2,28,33)(H,29,32). The van der Waals surface area contributed by atoms with E-state index in [0.717, 1.165) is 12.0 Å². The number of carbonyl (C=O) groups is 2. The van der Waals surface area contributed by atoms with Crippen molar-refractivity contribution < 1.29 is 9.59 Å². The van der Waals surface area contributed by atoms with Crippen LogP contribution in [0, 0.1) is 0 Å². The maximum Gasteiger partial charge on any atom is 0.252 e. The Morgan fingerprint density at radius 1 is 0.848 bits per heavy atom. The number of hydrogen-bond donors (Lipinski definition) is 2. The van der Waals surface area contributed by atoms with Gasteiger partial charge in [-0.25, -0.2) is 0 Å². The fraction of sp³-hybridized carbons (Fsp3) is 0.148. The van der Waals surface area contributed by atoms with E-state index in [1.165, 1.54) is 22.0 Å². The zero-order valence-corrected chi connectivity index (χ0v) is 18.2. The Morgan fingerprint density at radius 3 is 1.94 bits per heavy atom. The number of hydrogen-bond acceptors (Lipinski definition) is 3. The van der Waals surface area contributed by atoms with E-state index >= 15 is 0 Å². The highest BCUT2D eigenvalue weighted by molar-refractivity contribution is 5.98. The third-order valence-electron chi connectivity index (χ3n) is 5.54. The first-order valence-corrected chi connectivity index (χ1v) is 10.9. The van der Waals surface area contributed by atoms with Crippen molar-refractivity contribution in [3.63, 3.8) is 0 Å². The van der Waals surface area contributed by atoms with Gasteiger partial charge in [-0.05, 0) is 17.5 Å². The summed E-state index contributed by atoms with van der Waals surface area (Å²) in [6.45, 7) is 0.525. The van der Waals surface area contributed by atoms with E-state index in [2.05, 4.69) is 34.7 Å². The van der Waals surface area contributed by atoms with Crippen molar-refractivity contribution in [1.82, 2.24) is 15.1 Å². The molecule has 2 amide bonds. The fourth-order valence-electron chi connectivity index (χ4n) is 3.95. The third kappa shape index (κ3) is 5.54. The number of amides is 2. The van der Waals surface area contributed by atoms with Crippen molar-refractivity contribution in [2.45, 2.75) is 18.9 Å². The zero-order chi connectivity index (χ0) is 23.0. The molecule has 0 fully saturated rings. The largest absolute Gasteiger partial charge is 0.365 e. The lowest BCUT2D eigenvalue weighted by atomic mass is 9.88. The molecule has 1 aromatic heterocycles. The number of nitrogens with two attached hydrogens (primary N) is 1. The van der Waals surface area contributed by atoms with E-state index < -0.39 is 5.91 Å². The highest BCUT2D eigenvalue weighted by Gasteiger charge is 2.17. The average Bonchev–Trinajstić information content (AvgIpc) is 3.27. The van der Waals surface area contributed by atoms with Crippen LogP contribution in [0.25, 0.3) is 11.3 Å². The van der Waals surface area contributed by atoms with Gasteiger partial charge in [0.05, 0.1) is 5.56 Å². The monoisotopic (exact) mass is 438 g/mol. The number of carbonyl (C=O) groups excluding carboxylic acids is 2. The number of benzene rings is 3. The van der Waals surface area contributed by atoms with Gasteiger partial charge in [0.1, 0.15) is 12.2 Å². The molecule has 0 aliphatic carbocycles. The first-order valence-electron chi connectivity index (χ1n) is 10.9. The van der Waals surface area contributed by atoms with Crippen molar-refractivity contribution in [2.75, 3.05) is 6.54 Å². The number of aromatic nitrogens is 2. The molecule has 0 spiro atoms. The fourth-order valence-corrected chi connectivity index (χ4v) is 3.95. The summed E-state index contributed by atoms with van der Waals surface area (Å²) in [6, 6.07) is 29.9. The van der Waals surface area contributed by atoms with Gasteiger partial charge in [-0.15, -0.1) is 0 Å². The SMILES string of the molecule is NC(=O)c1cn(CC(=O)NCCC(c2ccccc2)c2ccccc2)nc1-c1ccccc1. The molecule has 0 aliphatic rings. The number of nitrogens with zero attached hydrogens (tertiary/aromatic N) is 2. The number of nitrogens with one attached hydrogen (secondary N) is 1. The van der Waals surface area contributed by atoms with Crippen LogP contribution < -0.4 is 11.1 Å². The minimum absolute atomic E-state index is 0.00839. The molecule has 0 radical (unpaired) electrons. The maximum atomic E-state index is 12.6. The van der Waals surface area contributed by atoms with Crippen molar-refractivity contribution >= 4 is 11.8 Å². The Balaban J connectivity index is 1.41. The summed E-state index contributed by atoms with van der Waals surface area (Å²) in [5, 5.41) is 7.42. The van der Waals surface area contributed by atoms with Crippen LogP contribution >= 0.6 is 0 Å². The van der Waals surface area contributed by atoms with E-state index in [1.54, 1.807) is 0 Å². The van der Waals surface area contributed by atoms with Crippen LogP contribution in [0.15, 0.2) is 97.2 Å². The second kappa shape index (κ2) is 10.4. The van der Waals surface area contributed by atoms with E-state index in [0.29, 0.717) is 17.8 Å². The quantitative estimate of drug-likeness (QED) is 0.414. The smallest absolute Gasteiger partial charge is 0.252 e. The van der Waals surface area contributed by atoms with Crippen molar-refractivity contribution in [2.24, 2.45) is 5.73 Å². The van der Waals surface area contributed by atoms with Gasteiger partial charge in [0.25, 0.3) is 5.91 Å². The molecule has 0 unspecified atom stereocenters. The molecule has 0 bridgehead atoms. The van der Waals surface area contributed by atoms with Crippen molar-refractivity contribution in [3.8, 4) is 11.3 Å². The number of primary amides is 1. The molecule has 4 rings (SSSR count). The van der Waals surface area contributed by atoms with Gasteiger partial charge in [0.15, 0.2) is 0 Å². The molecule has 0 aliphatic heterocycles. The Morgan fingerprint density at radius 2 is 1.39 bits per heavy atom. The van der Waals surface area contributed by atoms with Gasteiger partial charge in [0.2, 0.25) is 5.91 Å². The van der Waals surface area contributed by atoms with Gasteiger partial charge >= 0.3 is 0 Å². The molecule has 3 aromatic carbocycles. The zero-order valence-electron chi connectivity index (χ0n) is 18.2. The van der Waals surface area contributed by atoms with Gasteiger partial charge in [0, 0.05) is 24.2 Å². The highest BCUT2D eigenvalue weighted by Crippen LogP contribution is 2.27. The van der Waals surface area contributed by atoms with Crippen LogP contribution in [0.1, 0.15) is 33.8 Å². The molecule has 0 saturated carbocycles. The first kappa shape index (κ1) is 22.0. The molecular formula is C27H26N4O2. The summed E-state index contributed by atoms with van der Waals surface area (Å²) in [7, 11) is 0. The summed E-state index contributed by atoms with van der Waals surface area (Å²) < 4.78 is 1.46. The van der Waals surface area contributed by atoms with Crippen LogP contribution in [-0.2, 0) is 11.3 Å². The van der Waals surface area contributed by atoms with Gasteiger partial charge in [-0.1, -0.05) is 91.0 Å². The van der Waals surface area contributed by atoms with Crippen LogP contribution in [0.4, 0.5) is 0 Å². The Hall–Kier alpha value is -4.19. The normalized spacial score (nSPS) is 10.8. The van der Waals surface area contributed by atoms with E-state index in [9.17, 15) is 9.59 Å². The third-order valence-corrected chi connectivity index (χ3v) is 5.54. The van der Waals surface area contributed by atoms with Crippen LogP contribution in [-0.4, -0.2) is 28.1 Å². The molecule has 0 saturated heterocycles. The molecule has 0 atom stereocenters. The summed E-state index contributed by atoms with van der Waals surface area (Å²) in [6.07, 6.45) is 2.29. The topological polar surface area (TPSA) is 90.0 Å². The lowest BCUT2D eigenvalue weighted by molar-refractivity contribution is -0.121. The summed E-state index contributed by atoms with van der Waals surface area (Å²) in [5.41, 5.74) is 9.50. The second-order valence-corrected chi connectivity index (χ2v) is 7.83. The minimum Gasteiger partial charge on any atom is -0.365 e. The van der Waals surface area contributed by atoms with E-state index in [1.807, 2.05) is 66.7 Å². The Labute approximate surface area is 193 Å². The second-order valence-electron chi connectivity index (χ2n) is 7.83. The highest BCUT2D eigenvalue weighted by atomic mass is 16.2. The van der Waals surface area contributed by atoms with Gasteiger partial charge in [-0.3, -0.25) is 14.3 Å². The molecule has 6 heteroatoms. The lowest BCUT2D eigenvalue weighted by Gasteiger charge is -2.18. The molecule has 166 valence electrons. The average molecular weight is 439 g/mol. The Kier molecular flexibility index (Phi) is 6.95. The number of rotatable bonds is 9. The minimum atomic E-state index is -0.575. The molecule has 1 heterocycles. The molecule has 4 aromatic rings. The summed E-state index contributed by atoms with van der Waals surface area (Å²) >= 11 is 0. The molecule has 3 N–H and O–H groups in total. The summed E-state index contributed by atoms with van der Waals surface area (Å²) in [4.78, 5) is 24.5. The lowest BCUT2D eigenvalue weighted by Crippen LogP contribution is -2.29. The molecule has 33 heavy (non-hydrogen) atoms. The van der Waals surface area contributed by atoms with Gasteiger partial charge < -0.3 is 11.1 Å². The predicted molar refractivity (Wildman–Crippen MR) is 129 cm³/mol. The van der Waals surface area contributed by atoms with Crippen molar-refractivity contribution in [3.05, 3.63) is 114 Å². The van der Waals surface area contributed by atoms with Crippen LogP contribution in [0.3, 0.4) is 0 Å². The van der Waals surface area contributed by atoms with E-state index in [-0.39, 0.29) is 18.4 Å². The summed E-state index contributed by atoms with van der Waals surface area (Å²) in [5.74, 6) is -0.564. The van der Waals surface area contributed by atoms with Crippen molar-refractivity contribution in [1.29, 1.82) is 0 Å². The maximum absolute atomic E-state index is 12.6. The van der Waals surface area contributed by atoms with Crippen LogP contribution in [0.5, 0.6) is 0 Å².